The highest BCUT2D eigenvalue weighted by molar-refractivity contribution is 7.87. The van der Waals surface area contributed by atoms with Crippen LogP contribution in [0.5, 0.6) is 11.5 Å². The number of rotatable bonds is 7. The van der Waals surface area contributed by atoms with Crippen LogP contribution < -0.4 is 8.92 Å². The second-order valence-corrected chi connectivity index (χ2v) is 7.18. The third kappa shape index (κ3) is 3.88. The lowest BCUT2D eigenvalue weighted by molar-refractivity contribution is 0.146. The number of aryl methyl sites for hydroxylation is 2. The van der Waals surface area contributed by atoms with Crippen molar-refractivity contribution in [2.75, 3.05) is 20.3 Å². The summed E-state index contributed by atoms with van der Waals surface area (Å²) in [7, 11) is -2.26. The van der Waals surface area contributed by atoms with E-state index >= 15 is 0 Å². The molecule has 0 radical (unpaired) electrons. The maximum absolute atomic E-state index is 12.4. The van der Waals surface area contributed by atoms with Crippen LogP contribution in [-0.2, 0) is 27.7 Å². The van der Waals surface area contributed by atoms with Crippen LogP contribution in [0.25, 0.3) is 0 Å². The molecule has 1 aliphatic rings. The van der Waals surface area contributed by atoms with E-state index in [-0.39, 0.29) is 4.90 Å². The van der Waals surface area contributed by atoms with Gasteiger partial charge in [-0.15, -0.1) is 0 Å². The number of hydrogen-bond donors (Lipinski definition) is 0. The number of methoxy groups -OCH3 is 1. The van der Waals surface area contributed by atoms with Crippen molar-refractivity contribution in [2.45, 2.75) is 24.2 Å². The van der Waals surface area contributed by atoms with Crippen molar-refractivity contribution in [2.24, 2.45) is 0 Å². The molecule has 2 aromatic carbocycles. The van der Waals surface area contributed by atoms with Crippen molar-refractivity contribution < 1.29 is 22.1 Å². The molecule has 0 bridgehead atoms. The SMILES string of the molecule is COCCOc1ccc(S(=O)(=O)Oc2ccc3c(c2)CCC3)cc1. The number of ether oxygens (including phenoxy) is 2. The second-order valence-electron chi connectivity index (χ2n) is 5.63. The smallest absolute Gasteiger partial charge is 0.339 e. The highest BCUT2D eigenvalue weighted by Crippen LogP contribution is 2.28. The molecule has 0 heterocycles. The predicted molar refractivity (Wildman–Crippen MR) is 90.1 cm³/mol. The van der Waals surface area contributed by atoms with Gasteiger partial charge in [0.2, 0.25) is 0 Å². The molecule has 0 amide bonds. The van der Waals surface area contributed by atoms with Gasteiger partial charge in [0.05, 0.1) is 6.61 Å². The van der Waals surface area contributed by atoms with E-state index in [2.05, 4.69) is 0 Å². The first kappa shape index (κ1) is 16.8. The van der Waals surface area contributed by atoms with Crippen LogP contribution >= 0.6 is 0 Å². The van der Waals surface area contributed by atoms with Gasteiger partial charge in [-0.3, -0.25) is 0 Å². The summed E-state index contributed by atoms with van der Waals surface area (Å²) in [6, 6.07) is 11.6. The lowest BCUT2D eigenvalue weighted by Gasteiger charge is -2.10. The molecule has 0 unspecified atom stereocenters. The molecule has 0 N–H and O–H groups in total. The minimum atomic E-state index is -3.85. The zero-order valence-electron chi connectivity index (χ0n) is 13.5. The molecule has 0 aliphatic heterocycles. The average molecular weight is 348 g/mol. The Hall–Kier alpha value is -2.05. The molecule has 3 rings (SSSR count). The molecule has 2 aromatic rings. The quantitative estimate of drug-likeness (QED) is 0.569. The summed E-state index contributed by atoms with van der Waals surface area (Å²) < 4.78 is 40.4. The fourth-order valence-electron chi connectivity index (χ4n) is 2.72. The monoisotopic (exact) mass is 348 g/mol. The zero-order valence-corrected chi connectivity index (χ0v) is 14.3. The van der Waals surface area contributed by atoms with Gasteiger partial charge in [0.1, 0.15) is 23.0 Å². The largest absolute Gasteiger partial charge is 0.491 e. The molecule has 6 heteroatoms. The number of benzene rings is 2. The summed E-state index contributed by atoms with van der Waals surface area (Å²) in [5.41, 5.74) is 2.45. The summed E-state index contributed by atoms with van der Waals surface area (Å²) in [6.07, 6.45) is 3.13. The van der Waals surface area contributed by atoms with Gasteiger partial charge >= 0.3 is 10.1 Å². The van der Waals surface area contributed by atoms with Crippen LogP contribution in [-0.4, -0.2) is 28.7 Å². The van der Waals surface area contributed by atoms with E-state index in [1.54, 1.807) is 25.3 Å². The maximum Gasteiger partial charge on any atom is 0.339 e. The van der Waals surface area contributed by atoms with Crippen molar-refractivity contribution in [1.82, 2.24) is 0 Å². The second kappa shape index (κ2) is 7.23. The van der Waals surface area contributed by atoms with Gasteiger partial charge in [-0.2, -0.15) is 8.42 Å². The Bertz CT molecular complexity index is 797. The summed E-state index contributed by atoms with van der Waals surface area (Å²) >= 11 is 0. The van der Waals surface area contributed by atoms with Crippen LogP contribution in [0.15, 0.2) is 47.4 Å². The summed E-state index contributed by atoms with van der Waals surface area (Å²) in [5, 5.41) is 0. The molecule has 0 spiro atoms. The third-order valence-corrected chi connectivity index (χ3v) is 5.21. The molecular formula is C18H20O5S. The van der Waals surface area contributed by atoms with E-state index in [0.717, 1.165) is 19.3 Å². The van der Waals surface area contributed by atoms with Gasteiger partial charge in [0.25, 0.3) is 0 Å². The van der Waals surface area contributed by atoms with Gasteiger partial charge < -0.3 is 13.7 Å². The molecular weight excluding hydrogens is 328 g/mol. The molecule has 1 aliphatic carbocycles. The van der Waals surface area contributed by atoms with E-state index in [1.807, 2.05) is 12.1 Å². The zero-order chi connectivity index (χ0) is 17.0. The Balaban J connectivity index is 1.71. The van der Waals surface area contributed by atoms with Gasteiger partial charge in [0.15, 0.2) is 0 Å². The summed E-state index contributed by atoms with van der Waals surface area (Å²) in [5.74, 6) is 0.944. The molecule has 5 nitrogen and oxygen atoms in total. The fourth-order valence-corrected chi connectivity index (χ4v) is 3.64. The molecule has 0 saturated carbocycles. The van der Waals surface area contributed by atoms with E-state index in [4.69, 9.17) is 13.7 Å². The summed E-state index contributed by atoms with van der Waals surface area (Å²) in [4.78, 5) is 0.0992. The lowest BCUT2D eigenvalue weighted by atomic mass is 10.1. The Morgan fingerprint density at radius 1 is 0.917 bits per heavy atom. The molecule has 0 saturated heterocycles. The predicted octanol–water partition coefficient (Wildman–Crippen LogP) is 2.97. The van der Waals surface area contributed by atoms with Crippen molar-refractivity contribution >= 4 is 10.1 Å². The Kier molecular flexibility index (Phi) is 5.06. The number of fused-ring (bicyclic) bond motifs is 1. The average Bonchev–Trinajstić information content (AvgIpc) is 3.03. The highest BCUT2D eigenvalue weighted by atomic mass is 32.2. The minimum Gasteiger partial charge on any atom is -0.491 e. The minimum absolute atomic E-state index is 0.0992. The van der Waals surface area contributed by atoms with Crippen molar-refractivity contribution in [3.8, 4) is 11.5 Å². The summed E-state index contributed by atoms with van der Waals surface area (Å²) in [6.45, 7) is 0.885. The van der Waals surface area contributed by atoms with Crippen LogP contribution in [0.1, 0.15) is 17.5 Å². The van der Waals surface area contributed by atoms with Crippen molar-refractivity contribution in [1.29, 1.82) is 0 Å². The fraction of sp³-hybridized carbons (Fsp3) is 0.333. The van der Waals surface area contributed by atoms with Crippen LogP contribution in [0.3, 0.4) is 0 Å². The third-order valence-electron chi connectivity index (χ3n) is 3.94. The van der Waals surface area contributed by atoms with Crippen molar-refractivity contribution in [3.63, 3.8) is 0 Å². The standard InChI is InChI=1S/C18H20O5S/c1-21-11-12-22-16-7-9-18(10-8-16)24(19,20)23-17-6-5-14-3-2-4-15(14)13-17/h5-10,13H,2-4,11-12H2,1H3. The van der Waals surface area contributed by atoms with Crippen LogP contribution in [0.2, 0.25) is 0 Å². The van der Waals surface area contributed by atoms with Gasteiger partial charge in [-0.05, 0) is 66.8 Å². The van der Waals surface area contributed by atoms with Gasteiger partial charge in [-0.1, -0.05) is 6.07 Å². The van der Waals surface area contributed by atoms with Crippen molar-refractivity contribution in [3.05, 3.63) is 53.6 Å². The Morgan fingerprint density at radius 2 is 1.62 bits per heavy atom. The Morgan fingerprint density at radius 3 is 2.38 bits per heavy atom. The lowest BCUT2D eigenvalue weighted by Crippen LogP contribution is -2.10. The molecule has 0 fully saturated rings. The van der Waals surface area contributed by atoms with Gasteiger partial charge in [-0.25, -0.2) is 0 Å². The molecule has 0 atom stereocenters. The first-order chi connectivity index (χ1) is 11.6. The van der Waals surface area contributed by atoms with E-state index in [9.17, 15) is 8.42 Å². The normalized spacial score (nSPS) is 13.5. The first-order valence-corrected chi connectivity index (χ1v) is 9.27. The first-order valence-electron chi connectivity index (χ1n) is 7.86. The topological polar surface area (TPSA) is 61.8 Å². The van der Waals surface area contributed by atoms with Crippen LogP contribution in [0, 0.1) is 0 Å². The van der Waals surface area contributed by atoms with E-state index < -0.39 is 10.1 Å². The molecule has 0 aromatic heterocycles. The van der Waals surface area contributed by atoms with Crippen LogP contribution in [0.4, 0.5) is 0 Å². The molecule has 128 valence electrons. The molecule has 24 heavy (non-hydrogen) atoms. The highest BCUT2D eigenvalue weighted by Gasteiger charge is 2.18. The maximum atomic E-state index is 12.4. The van der Waals surface area contributed by atoms with E-state index in [0.29, 0.717) is 24.7 Å². The number of hydrogen-bond acceptors (Lipinski definition) is 5. The van der Waals surface area contributed by atoms with E-state index in [1.165, 1.54) is 23.3 Å². The van der Waals surface area contributed by atoms with Gasteiger partial charge in [0, 0.05) is 7.11 Å². The Labute approximate surface area is 142 Å².